The first kappa shape index (κ1) is 14.7. The summed E-state index contributed by atoms with van der Waals surface area (Å²) in [5.74, 6) is -1.61. The van der Waals surface area contributed by atoms with Crippen molar-refractivity contribution in [1.82, 2.24) is 0 Å². The lowest BCUT2D eigenvalue weighted by atomic mass is 10.0. The van der Waals surface area contributed by atoms with Crippen molar-refractivity contribution < 1.29 is 17.9 Å². The van der Waals surface area contributed by atoms with Crippen LogP contribution in [-0.2, 0) is 0 Å². The van der Waals surface area contributed by atoms with Crippen LogP contribution < -0.4 is 4.74 Å². The minimum atomic E-state index is -0.793. The van der Waals surface area contributed by atoms with Crippen LogP contribution in [0.15, 0.2) is 48.8 Å². The van der Waals surface area contributed by atoms with Gasteiger partial charge in [-0.1, -0.05) is 12.1 Å². The fraction of sp³-hybridized carbons (Fsp3) is 0.0625. The monoisotopic (exact) mass is 289 g/mol. The average molecular weight is 289 g/mol. The molecule has 2 nitrogen and oxygen atoms in total. The molecule has 0 fully saturated rings. The lowest BCUT2D eigenvalue weighted by molar-refractivity contribution is 0.356. The van der Waals surface area contributed by atoms with Gasteiger partial charge in [0.2, 0.25) is 0 Å². The molecule has 0 unspecified atom stereocenters. The molecular weight excluding hydrogens is 279 g/mol. The fourth-order valence-electron chi connectivity index (χ4n) is 1.80. The topological polar surface area (TPSA) is 33.0 Å². The maximum Gasteiger partial charge on any atom is 0.137 e. The van der Waals surface area contributed by atoms with Crippen molar-refractivity contribution in [2.45, 2.75) is 0 Å². The van der Waals surface area contributed by atoms with E-state index in [1.807, 2.05) is 6.07 Å². The van der Waals surface area contributed by atoms with Gasteiger partial charge in [0.25, 0.3) is 0 Å². The molecule has 0 saturated heterocycles. The number of nitrogens with zero attached hydrogens (tertiary/aromatic N) is 1. The van der Waals surface area contributed by atoms with Gasteiger partial charge in [0.15, 0.2) is 0 Å². The second-order valence-corrected chi connectivity index (χ2v) is 4.12. The van der Waals surface area contributed by atoms with Crippen molar-refractivity contribution in [2.24, 2.45) is 0 Å². The summed E-state index contributed by atoms with van der Waals surface area (Å²) >= 11 is 0. The molecule has 21 heavy (non-hydrogen) atoms. The maximum atomic E-state index is 14.0. The maximum absolute atomic E-state index is 14.0. The summed E-state index contributed by atoms with van der Waals surface area (Å²) in [6.07, 6.45) is 1.36. The van der Waals surface area contributed by atoms with Crippen LogP contribution in [0.5, 0.6) is 5.75 Å². The Morgan fingerprint density at radius 2 is 1.71 bits per heavy atom. The van der Waals surface area contributed by atoms with Crippen LogP contribution in [-0.4, -0.2) is 6.61 Å². The molecule has 0 heterocycles. The molecule has 0 atom stereocenters. The zero-order chi connectivity index (χ0) is 15.2. The Morgan fingerprint density at radius 1 is 1.10 bits per heavy atom. The van der Waals surface area contributed by atoms with Gasteiger partial charge in [0.05, 0.1) is 23.5 Å². The van der Waals surface area contributed by atoms with Crippen LogP contribution in [0.2, 0.25) is 0 Å². The molecule has 0 saturated carbocycles. The second kappa shape index (κ2) is 6.62. The minimum Gasteiger partial charge on any atom is -0.489 e. The van der Waals surface area contributed by atoms with E-state index < -0.39 is 11.6 Å². The van der Waals surface area contributed by atoms with Gasteiger partial charge in [-0.05, 0) is 23.8 Å². The molecule has 2 aromatic carbocycles. The Bertz CT molecular complexity index is 679. The third-order valence-electron chi connectivity index (χ3n) is 2.75. The molecule has 0 spiro atoms. The normalized spacial score (nSPS) is 10.6. The molecule has 0 aliphatic rings. The van der Waals surface area contributed by atoms with Crippen molar-refractivity contribution in [3.05, 3.63) is 66.0 Å². The van der Waals surface area contributed by atoms with Crippen LogP contribution in [0.1, 0.15) is 5.56 Å². The number of nitriles is 1. The minimum absolute atomic E-state index is 0.0273. The van der Waals surface area contributed by atoms with Gasteiger partial charge in [0, 0.05) is 12.1 Å². The molecule has 0 radical (unpaired) electrons. The number of benzene rings is 2. The quantitative estimate of drug-likeness (QED) is 0.837. The van der Waals surface area contributed by atoms with Gasteiger partial charge in [0.1, 0.15) is 24.0 Å². The van der Waals surface area contributed by atoms with Crippen molar-refractivity contribution in [1.29, 1.82) is 5.26 Å². The number of halogens is 3. The molecule has 2 rings (SSSR count). The predicted octanol–water partition coefficient (Wildman–Crippen LogP) is 4.37. The van der Waals surface area contributed by atoms with Crippen LogP contribution in [0.25, 0.3) is 11.1 Å². The Labute approximate surface area is 119 Å². The third-order valence-corrected chi connectivity index (χ3v) is 2.75. The summed E-state index contributed by atoms with van der Waals surface area (Å²) in [5.41, 5.74) is 0.518. The highest BCUT2D eigenvalue weighted by atomic mass is 19.1. The zero-order valence-electron chi connectivity index (χ0n) is 10.8. The van der Waals surface area contributed by atoms with Gasteiger partial charge in [-0.3, -0.25) is 0 Å². The number of ether oxygens (including phenoxy) is 1. The molecular formula is C16H10F3NO. The third kappa shape index (κ3) is 3.42. The van der Waals surface area contributed by atoms with Crippen molar-refractivity contribution >= 4 is 0 Å². The fourth-order valence-corrected chi connectivity index (χ4v) is 1.80. The summed E-state index contributed by atoms with van der Waals surface area (Å²) < 4.78 is 44.8. The number of hydrogen-bond donors (Lipinski definition) is 0. The smallest absolute Gasteiger partial charge is 0.137 e. The lowest BCUT2D eigenvalue weighted by Crippen LogP contribution is -1.97. The lowest BCUT2D eigenvalue weighted by Gasteiger charge is -2.09. The highest BCUT2D eigenvalue weighted by Crippen LogP contribution is 2.30. The van der Waals surface area contributed by atoms with Crippen molar-refractivity contribution in [3.8, 4) is 22.9 Å². The van der Waals surface area contributed by atoms with Gasteiger partial charge >= 0.3 is 0 Å². The van der Waals surface area contributed by atoms with E-state index in [4.69, 9.17) is 10.00 Å². The van der Waals surface area contributed by atoms with E-state index in [1.54, 1.807) is 0 Å². The first-order valence-electron chi connectivity index (χ1n) is 6.03. The van der Waals surface area contributed by atoms with Crippen molar-refractivity contribution in [3.63, 3.8) is 0 Å². The Hall–Kier alpha value is -2.74. The van der Waals surface area contributed by atoms with Crippen molar-refractivity contribution in [2.75, 3.05) is 6.61 Å². The van der Waals surface area contributed by atoms with Crippen LogP contribution in [0.4, 0.5) is 13.2 Å². The first-order valence-corrected chi connectivity index (χ1v) is 6.03. The summed E-state index contributed by atoms with van der Waals surface area (Å²) in [6.45, 7) is -0.119. The molecule has 5 heteroatoms. The summed E-state index contributed by atoms with van der Waals surface area (Å²) in [5, 5.41) is 8.70. The van der Waals surface area contributed by atoms with Gasteiger partial charge in [-0.2, -0.15) is 5.26 Å². The zero-order valence-corrected chi connectivity index (χ0v) is 10.8. The van der Waals surface area contributed by atoms with Crippen LogP contribution in [0, 0.1) is 23.0 Å². The number of hydrogen-bond acceptors (Lipinski definition) is 2. The molecule has 0 N–H and O–H groups in total. The average Bonchev–Trinajstić information content (AvgIpc) is 2.47. The molecule has 106 valence electrons. The second-order valence-electron chi connectivity index (χ2n) is 4.12. The van der Waals surface area contributed by atoms with Gasteiger partial charge < -0.3 is 4.74 Å². The summed E-state index contributed by atoms with van der Waals surface area (Å²) in [4.78, 5) is 0. The molecule has 2 aromatic rings. The summed E-state index contributed by atoms with van der Waals surface area (Å²) in [7, 11) is 0. The first-order chi connectivity index (χ1) is 10.2. The molecule has 0 aliphatic carbocycles. The standard InChI is InChI=1S/C16H10F3NO/c17-6-1-7-21-13-8-14(18)16(15(19)9-13)12-4-2-11(10-20)3-5-12/h1-6,8-9H,7H2/b6-1-. The van der Waals surface area contributed by atoms with E-state index in [-0.39, 0.29) is 24.2 Å². The SMILES string of the molecule is N#Cc1ccc(-c2c(F)cc(OC/C=C\F)cc2F)cc1. The largest absolute Gasteiger partial charge is 0.489 e. The molecule has 0 amide bonds. The predicted molar refractivity (Wildman–Crippen MR) is 72.3 cm³/mol. The highest BCUT2D eigenvalue weighted by Gasteiger charge is 2.14. The summed E-state index contributed by atoms with van der Waals surface area (Å²) in [6, 6.07) is 9.87. The van der Waals surface area contributed by atoms with E-state index in [9.17, 15) is 13.2 Å². The Kier molecular flexibility index (Phi) is 4.62. The van der Waals surface area contributed by atoms with Gasteiger partial charge in [-0.25, -0.2) is 13.2 Å². The van der Waals surface area contributed by atoms with E-state index in [1.165, 1.54) is 24.3 Å². The molecule has 0 bridgehead atoms. The van der Waals surface area contributed by atoms with E-state index in [0.29, 0.717) is 11.1 Å². The Balaban J connectivity index is 2.34. The highest BCUT2D eigenvalue weighted by molar-refractivity contribution is 5.66. The molecule has 0 aliphatic heterocycles. The van der Waals surface area contributed by atoms with E-state index in [2.05, 4.69) is 0 Å². The van der Waals surface area contributed by atoms with Crippen LogP contribution >= 0.6 is 0 Å². The van der Waals surface area contributed by atoms with Gasteiger partial charge in [-0.15, -0.1) is 0 Å². The molecule has 0 aromatic heterocycles. The van der Waals surface area contributed by atoms with E-state index in [0.717, 1.165) is 18.2 Å². The number of rotatable bonds is 4. The Morgan fingerprint density at radius 3 is 2.24 bits per heavy atom. The van der Waals surface area contributed by atoms with E-state index >= 15 is 0 Å². The van der Waals surface area contributed by atoms with Crippen LogP contribution in [0.3, 0.4) is 0 Å².